The van der Waals surface area contributed by atoms with Crippen molar-refractivity contribution in [3.63, 3.8) is 0 Å². The molecule has 2 aliphatic heterocycles. The van der Waals surface area contributed by atoms with Crippen molar-refractivity contribution in [3.8, 4) is 0 Å². The largest absolute Gasteiger partial charge is 0.465 e. The lowest BCUT2D eigenvalue weighted by Gasteiger charge is -2.58. The van der Waals surface area contributed by atoms with E-state index in [1.807, 2.05) is 0 Å². The van der Waals surface area contributed by atoms with Crippen molar-refractivity contribution >= 4 is 11.9 Å². The van der Waals surface area contributed by atoms with Gasteiger partial charge >= 0.3 is 11.9 Å². The zero-order chi connectivity index (χ0) is 26.4. The van der Waals surface area contributed by atoms with Crippen molar-refractivity contribution in [2.24, 2.45) is 45.8 Å². The molecule has 2 heterocycles. The molecule has 0 N–H and O–H groups in total. The van der Waals surface area contributed by atoms with Gasteiger partial charge in [-0.2, -0.15) is 0 Å². The van der Waals surface area contributed by atoms with Gasteiger partial charge in [0.25, 0.3) is 0 Å². The molecule has 4 aliphatic carbocycles. The van der Waals surface area contributed by atoms with E-state index in [4.69, 9.17) is 18.9 Å². The summed E-state index contributed by atoms with van der Waals surface area (Å²) < 4.78 is 24.5. The molecule has 37 heavy (non-hydrogen) atoms. The first kappa shape index (κ1) is 25.9. The Morgan fingerprint density at radius 3 is 2.59 bits per heavy atom. The molecular weight excluding hydrogens is 468 g/mol. The van der Waals surface area contributed by atoms with E-state index in [1.165, 1.54) is 26.7 Å². The Hall–Kier alpha value is -1.40. The maximum Gasteiger partial charge on any atom is 0.302 e. The Balaban J connectivity index is 1.20. The van der Waals surface area contributed by atoms with E-state index in [2.05, 4.69) is 33.8 Å². The standard InChI is InChI=1S/C31H46O6/c1-18-27-26(37-31(18)15-28(4,17-35-31)16-34-19(2)32)14-25-23-8-7-21-13-22(36-20(3)33)9-11-29(21,5)24(23)10-12-30(25,27)6/h7,18,22-27H,8-17H2,1-6H3/t18-,22-,23+,24-,25-,26-,27-,28-,29-,30-,31+/m0/s1. The normalized spacial score (nSPS) is 52.1. The Kier molecular flexibility index (Phi) is 5.97. The van der Waals surface area contributed by atoms with Crippen LogP contribution in [-0.2, 0) is 28.5 Å². The van der Waals surface area contributed by atoms with Gasteiger partial charge in [0.05, 0.1) is 19.3 Å². The van der Waals surface area contributed by atoms with Gasteiger partial charge in [0.1, 0.15) is 6.10 Å². The zero-order valence-corrected chi connectivity index (χ0v) is 23.6. The maximum atomic E-state index is 11.6. The molecule has 206 valence electrons. The summed E-state index contributed by atoms with van der Waals surface area (Å²) in [5.41, 5.74) is 1.85. The number of hydrogen-bond acceptors (Lipinski definition) is 6. The number of allylic oxidation sites excluding steroid dienone is 1. The second-order valence-corrected chi connectivity index (χ2v) is 14.4. The van der Waals surface area contributed by atoms with Gasteiger partial charge in [-0.25, -0.2) is 0 Å². The molecule has 0 amide bonds. The van der Waals surface area contributed by atoms with Gasteiger partial charge in [-0.3, -0.25) is 9.59 Å². The van der Waals surface area contributed by atoms with E-state index in [9.17, 15) is 9.59 Å². The predicted octanol–water partition coefficient (Wildman–Crippen LogP) is 5.83. The van der Waals surface area contributed by atoms with Crippen LogP contribution < -0.4 is 0 Å². The molecule has 6 aliphatic rings. The Labute approximate surface area is 222 Å². The number of carbonyl (C=O) groups is 2. The van der Waals surface area contributed by atoms with Gasteiger partial charge in [-0.05, 0) is 73.0 Å². The molecule has 0 unspecified atom stereocenters. The molecule has 0 aromatic heterocycles. The highest BCUT2D eigenvalue weighted by molar-refractivity contribution is 5.66. The van der Waals surface area contributed by atoms with Crippen molar-refractivity contribution in [2.45, 2.75) is 111 Å². The van der Waals surface area contributed by atoms with Crippen molar-refractivity contribution in [1.82, 2.24) is 0 Å². The van der Waals surface area contributed by atoms with Crippen LogP contribution in [0.25, 0.3) is 0 Å². The maximum absolute atomic E-state index is 11.6. The highest BCUT2D eigenvalue weighted by atomic mass is 16.7. The van der Waals surface area contributed by atoms with Gasteiger partial charge in [-0.15, -0.1) is 0 Å². The quantitative estimate of drug-likeness (QED) is 0.349. The van der Waals surface area contributed by atoms with Crippen LogP contribution in [0, 0.1) is 45.8 Å². The third kappa shape index (κ3) is 3.86. The van der Waals surface area contributed by atoms with Crippen LogP contribution in [0.2, 0.25) is 0 Å². The Morgan fingerprint density at radius 2 is 1.86 bits per heavy atom. The third-order valence-electron chi connectivity index (χ3n) is 12.0. The number of esters is 2. The summed E-state index contributed by atoms with van der Waals surface area (Å²) in [6.45, 7) is 13.6. The van der Waals surface area contributed by atoms with Crippen molar-refractivity contribution in [1.29, 1.82) is 0 Å². The fourth-order valence-electron chi connectivity index (χ4n) is 10.4. The molecule has 0 bridgehead atoms. The fraction of sp³-hybridized carbons (Fsp3) is 0.871. The predicted molar refractivity (Wildman–Crippen MR) is 138 cm³/mol. The summed E-state index contributed by atoms with van der Waals surface area (Å²) in [5, 5.41) is 0. The summed E-state index contributed by atoms with van der Waals surface area (Å²) >= 11 is 0. The molecule has 0 aromatic rings. The smallest absolute Gasteiger partial charge is 0.302 e. The number of carbonyl (C=O) groups excluding carboxylic acids is 2. The van der Waals surface area contributed by atoms with Crippen molar-refractivity contribution in [3.05, 3.63) is 11.6 Å². The highest BCUT2D eigenvalue weighted by Crippen LogP contribution is 2.71. The summed E-state index contributed by atoms with van der Waals surface area (Å²) in [7, 11) is 0. The average Bonchev–Trinajstić information content (AvgIpc) is 3.41. The van der Waals surface area contributed by atoms with Gasteiger partial charge in [0.2, 0.25) is 0 Å². The lowest BCUT2D eigenvalue weighted by atomic mass is 9.47. The van der Waals surface area contributed by atoms with E-state index in [1.54, 1.807) is 5.57 Å². The molecule has 0 aromatic carbocycles. The number of fused-ring (bicyclic) bond motifs is 7. The van der Waals surface area contributed by atoms with Crippen LogP contribution >= 0.6 is 0 Å². The van der Waals surface area contributed by atoms with E-state index < -0.39 is 5.79 Å². The lowest BCUT2D eigenvalue weighted by Crippen LogP contribution is -2.52. The van der Waals surface area contributed by atoms with E-state index in [-0.39, 0.29) is 40.4 Å². The number of ether oxygens (including phenoxy) is 4. The van der Waals surface area contributed by atoms with Crippen LogP contribution in [0.4, 0.5) is 0 Å². The molecule has 6 rings (SSSR count). The van der Waals surface area contributed by atoms with Crippen LogP contribution in [0.5, 0.6) is 0 Å². The molecule has 5 fully saturated rings. The lowest BCUT2D eigenvalue weighted by molar-refractivity contribution is -0.220. The molecule has 6 heteroatoms. The van der Waals surface area contributed by atoms with Crippen LogP contribution in [0.3, 0.4) is 0 Å². The first-order valence-electron chi connectivity index (χ1n) is 14.7. The zero-order valence-electron chi connectivity index (χ0n) is 23.6. The Morgan fingerprint density at radius 1 is 1.08 bits per heavy atom. The molecule has 2 saturated heterocycles. The summed E-state index contributed by atoms with van der Waals surface area (Å²) in [6.07, 6.45) is 11.5. The van der Waals surface area contributed by atoms with E-state index in [0.29, 0.717) is 42.8 Å². The van der Waals surface area contributed by atoms with Crippen molar-refractivity contribution in [2.75, 3.05) is 13.2 Å². The molecule has 0 radical (unpaired) electrons. The van der Waals surface area contributed by atoms with Gasteiger partial charge in [0, 0.05) is 38.0 Å². The SMILES string of the molecule is CC(=O)OC[C@@]1(C)CO[C@]2(C1)O[C@H]1C[C@H]3[C@@H]4CC=C5C[C@@H](OC(C)=O)CC[C@]5(C)[C@H]4CC[C@]3(C)[C@H]1[C@@H]2C. The van der Waals surface area contributed by atoms with E-state index >= 15 is 0 Å². The monoisotopic (exact) mass is 514 g/mol. The van der Waals surface area contributed by atoms with Gasteiger partial charge in [-0.1, -0.05) is 39.3 Å². The second-order valence-electron chi connectivity index (χ2n) is 14.4. The third-order valence-corrected chi connectivity index (χ3v) is 12.0. The minimum absolute atomic E-state index is 0.0523. The van der Waals surface area contributed by atoms with Crippen LogP contribution in [0.15, 0.2) is 11.6 Å². The first-order valence-corrected chi connectivity index (χ1v) is 14.7. The van der Waals surface area contributed by atoms with E-state index in [0.717, 1.165) is 38.5 Å². The minimum Gasteiger partial charge on any atom is -0.465 e. The first-order chi connectivity index (χ1) is 17.4. The molecule has 1 spiro atoms. The molecule has 3 saturated carbocycles. The molecule has 6 nitrogen and oxygen atoms in total. The Bertz CT molecular complexity index is 1010. The van der Waals surface area contributed by atoms with Gasteiger partial charge < -0.3 is 18.9 Å². The number of rotatable bonds is 3. The van der Waals surface area contributed by atoms with Crippen LogP contribution in [0.1, 0.15) is 92.9 Å². The molecule has 11 atom stereocenters. The fourth-order valence-corrected chi connectivity index (χ4v) is 10.4. The minimum atomic E-state index is -0.546. The summed E-state index contributed by atoms with van der Waals surface area (Å²) in [6, 6.07) is 0. The topological polar surface area (TPSA) is 71.1 Å². The van der Waals surface area contributed by atoms with Crippen LogP contribution in [-0.4, -0.2) is 43.1 Å². The number of hydrogen-bond donors (Lipinski definition) is 0. The van der Waals surface area contributed by atoms with Gasteiger partial charge in [0.15, 0.2) is 5.79 Å². The summed E-state index contributed by atoms with van der Waals surface area (Å²) in [4.78, 5) is 23.0. The highest BCUT2D eigenvalue weighted by Gasteiger charge is 2.70. The average molecular weight is 515 g/mol. The van der Waals surface area contributed by atoms with Crippen molar-refractivity contribution < 1.29 is 28.5 Å². The summed E-state index contributed by atoms with van der Waals surface area (Å²) in [5.74, 6) is 1.99. The second kappa shape index (κ2) is 8.55. The molecular formula is C31H46O6.